The first kappa shape index (κ1) is 15.8. The van der Waals surface area contributed by atoms with Crippen LogP contribution in [0.3, 0.4) is 0 Å². The summed E-state index contributed by atoms with van der Waals surface area (Å²) in [7, 11) is 0. The minimum atomic E-state index is -0.739. The summed E-state index contributed by atoms with van der Waals surface area (Å²) in [4.78, 5) is 12.9. The van der Waals surface area contributed by atoms with E-state index in [2.05, 4.69) is 63.9 Å². The van der Waals surface area contributed by atoms with Crippen molar-refractivity contribution in [3.63, 3.8) is 0 Å². The fourth-order valence-corrected chi connectivity index (χ4v) is 2.53. The standard InChI is InChI=1S/C17H18INO2/c18-15-10-8-14(9-11-15)13-19(12-4-7-17(20)21)16-5-2-1-3-6-16/h1-3,5-6,8-11H,4,7,12-13H2,(H,20,21). The Labute approximate surface area is 138 Å². The first-order valence-electron chi connectivity index (χ1n) is 6.91. The summed E-state index contributed by atoms with van der Waals surface area (Å²) in [5.41, 5.74) is 2.36. The Balaban J connectivity index is 2.07. The van der Waals surface area contributed by atoms with Gasteiger partial charge >= 0.3 is 5.97 Å². The van der Waals surface area contributed by atoms with Gasteiger partial charge in [0.15, 0.2) is 0 Å². The molecule has 1 N–H and O–H groups in total. The van der Waals surface area contributed by atoms with Gasteiger partial charge in [-0.05, 0) is 58.8 Å². The van der Waals surface area contributed by atoms with E-state index in [0.29, 0.717) is 6.42 Å². The van der Waals surface area contributed by atoms with Crippen LogP contribution in [-0.2, 0) is 11.3 Å². The van der Waals surface area contributed by atoms with Crippen LogP contribution < -0.4 is 4.90 Å². The van der Waals surface area contributed by atoms with Gasteiger partial charge in [-0.25, -0.2) is 0 Å². The molecule has 0 aromatic heterocycles. The molecular formula is C17H18INO2. The van der Waals surface area contributed by atoms with Crippen molar-refractivity contribution < 1.29 is 9.90 Å². The van der Waals surface area contributed by atoms with E-state index >= 15 is 0 Å². The average molecular weight is 395 g/mol. The second-order valence-electron chi connectivity index (χ2n) is 4.88. The molecule has 0 heterocycles. The average Bonchev–Trinajstić information content (AvgIpc) is 2.49. The van der Waals surface area contributed by atoms with Gasteiger partial charge in [-0.1, -0.05) is 30.3 Å². The Hall–Kier alpha value is -1.56. The Morgan fingerprint density at radius 3 is 2.33 bits per heavy atom. The lowest BCUT2D eigenvalue weighted by Crippen LogP contribution is -2.24. The van der Waals surface area contributed by atoms with E-state index < -0.39 is 5.97 Å². The third kappa shape index (κ3) is 5.38. The van der Waals surface area contributed by atoms with Gasteiger partial charge < -0.3 is 10.0 Å². The van der Waals surface area contributed by atoms with Crippen LogP contribution in [0.4, 0.5) is 5.69 Å². The SMILES string of the molecule is O=C(O)CCCN(Cc1ccc(I)cc1)c1ccccc1. The number of rotatable bonds is 7. The van der Waals surface area contributed by atoms with Gasteiger partial charge in [-0.3, -0.25) is 4.79 Å². The molecule has 0 saturated heterocycles. The van der Waals surface area contributed by atoms with Gasteiger partial charge in [0, 0.05) is 28.8 Å². The molecule has 0 aliphatic rings. The van der Waals surface area contributed by atoms with E-state index in [9.17, 15) is 4.79 Å². The zero-order chi connectivity index (χ0) is 15.1. The molecule has 4 heteroatoms. The summed E-state index contributed by atoms with van der Waals surface area (Å²) in [6.45, 7) is 1.53. The second kappa shape index (κ2) is 8.02. The number of aliphatic carboxylic acids is 1. The molecule has 0 spiro atoms. The van der Waals surface area contributed by atoms with Gasteiger partial charge in [0.2, 0.25) is 0 Å². The maximum atomic E-state index is 10.7. The summed E-state index contributed by atoms with van der Waals surface area (Å²) in [6.07, 6.45) is 0.852. The summed E-state index contributed by atoms with van der Waals surface area (Å²) >= 11 is 2.29. The number of halogens is 1. The van der Waals surface area contributed by atoms with Crippen molar-refractivity contribution >= 4 is 34.2 Å². The first-order chi connectivity index (χ1) is 10.1. The molecule has 0 radical (unpaired) electrons. The summed E-state index contributed by atoms with van der Waals surface area (Å²) < 4.78 is 1.22. The smallest absolute Gasteiger partial charge is 0.303 e. The predicted molar refractivity (Wildman–Crippen MR) is 93.5 cm³/mol. The topological polar surface area (TPSA) is 40.5 Å². The van der Waals surface area contributed by atoms with Crippen molar-refractivity contribution in [2.45, 2.75) is 19.4 Å². The lowest BCUT2D eigenvalue weighted by atomic mass is 10.1. The number of benzene rings is 2. The number of nitrogens with zero attached hydrogens (tertiary/aromatic N) is 1. The van der Waals surface area contributed by atoms with Crippen LogP contribution >= 0.6 is 22.6 Å². The fraction of sp³-hybridized carbons (Fsp3) is 0.235. The van der Waals surface area contributed by atoms with Crippen LogP contribution in [0, 0.1) is 3.57 Å². The van der Waals surface area contributed by atoms with Crippen LogP contribution in [0.5, 0.6) is 0 Å². The van der Waals surface area contributed by atoms with E-state index in [0.717, 1.165) is 18.8 Å². The zero-order valence-corrected chi connectivity index (χ0v) is 13.9. The molecule has 3 nitrogen and oxygen atoms in total. The second-order valence-corrected chi connectivity index (χ2v) is 6.13. The molecule has 0 amide bonds. The van der Waals surface area contributed by atoms with Gasteiger partial charge in [0.1, 0.15) is 0 Å². The van der Waals surface area contributed by atoms with Gasteiger partial charge in [0.25, 0.3) is 0 Å². The number of anilines is 1. The Morgan fingerprint density at radius 2 is 1.71 bits per heavy atom. The van der Waals surface area contributed by atoms with Crippen LogP contribution in [0.15, 0.2) is 54.6 Å². The molecule has 0 unspecified atom stereocenters. The van der Waals surface area contributed by atoms with E-state index in [1.807, 2.05) is 18.2 Å². The third-order valence-electron chi connectivity index (χ3n) is 3.23. The largest absolute Gasteiger partial charge is 0.481 e. The minimum Gasteiger partial charge on any atom is -0.481 e. The van der Waals surface area contributed by atoms with Crippen molar-refractivity contribution in [2.24, 2.45) is 0 Å². The van der Waals surface area contributed by atoms with Crippen molar-refractivity contribution in [1.82, 2.24) is 0 Å². The van der Waals surface area contributed by atoms with E-state index in [1.54, 1.807) is 0 Å². The fourth-order valence-electron chi connectivity index (χ4n) is 2.17. The minimum absolute atomic E-state index is 0.204. The number of carboxylic acid groups (broad SMARTS) is 1. The first-order valence-corrected chi connectivity index (χ1v) is 7.99. The zero-order valence-electron chi connectivity index (χ0n) is 11.7. The highest BCUT2D eigenvalue weighted by atomic mass is 127. The molecule has 0 saturated carbocycles. The molecule has 2 rings (SSSR count). The van der Waals surface area contributed by atoms with E-state index in [-0.39, 0.29) is 6.42 Å². The van der Waals surface area contributed by atoms with E-state index in [4.69, 9.17) is 5.11 Å². The van der Waals surface area contributed by atoms with Crippen LogP contribution in [-0.4, -0.2) is 17.6 Å². The molecule has 110 valence electrons. The third-order valence-corrected chi connectivity index (χ3v) is 3.95. The number of hydrogen-bond acceptors (Lipinski definition) is 2. The molecule has 21 heavy (non-hydrogen) atoms. The highest BCUT2D eigenvalue weighted by Gasteiger charge is 2.08. The van der Waals surface area contributed by atoms with Crippen LogP contribution in [0.2, 0.25) is 0 Å². The lowest BCUT2D eigenvalue weighted by Gasteiger charge is -2.25. The normalized spacial score (nSPS) is 10.3. The van der Waals surface area contributed by atoms with Crippen molar-refractivity contribution in [2.75, 3.05) is 11.4 Å². The molecule has 0 bridgehead atoms. The number of carbonyl (C=O) groups is 1. The highest BCUT2D eigenvalue weighted by molar-refractivity contribution is 14.1. The molecular weight excluding hydrogens is 377 g/mol. The Morgan fingerprint density at radius 1 is 1.05 bits per heavy atom. The van der Waals surface area contributed by atoms with Crippen molar-refractivity contribution in [1.29, 1.82) is 0 Å². The maximum Gasteiger partial charge on any atom is 0.303 e. The Kier molecular flexibility index (Phi) is 6.04. The molecule has 2 aromatic rings. The number of hydrogen-bond donors (Lipinski definition) is 1. The monoisotopic (exact) mass is 395 g/mol. The highest BCUT2D eigenvalue weighted by Crippen LogP contribution is 2.18. The lowest BCUT2D eigenvalue weighted by molar-refractivity contribution is -0.137. The van der Waals surface area contributed by atoms with Gasteiger partial charge in [-0.15, -0.1) is 0 Å². The van der Waals surface area contributed by atoms with E-state index in [1.165, 1.54) is 9.13 Å². The molecule has 0 aliphatic carbocycles. The maximum absolute atomic E-state index is 10.7. The molecule has 2 aromatic carbocycles. The molecule has 0 fully saturated rings. The van der Waals surface area contributed by atoms with Crippen LogP contribution in [0.1, 0.15) is 18.4 Å². The van der Waals surface area contributed by atoms with Crippen molar-refractivity contribution in [3.05, 3.63) is 63.7 Å². The predicted octanol–water partition coefficient (Wildman–Crippen LogP) is 4.16. The quantitative estimate of drug-likeness (QED) is 0.716. The summed E-state index contributed by atoms with van der Waals surface area (Å²) in [6, 6.07) is 18.6. The van der Waals surface area contributed by atoms with Gasteiger partial charge in [-0.2, -0.15) is 0 Å². The number of para-hydroxylation sites is 1. The molecule has 0 atom stereocenters. The summed E-state index contributed by atoms with van der Waals surface area (Å²) in [5.74, 6) is -0.739. The van der Waals surface area contributed by atoms with Gasteiger partial charge in [0.05, 0.1) is 0 Å². The summed E-state index contributed by atoms with van der Waals surface area (Å²) in [5, 5.41) is 8.80. The van der Waals surface area contributed by atoms with Crippen LogP contribution in [0.25, 0.3) is 0 Å². The number of carboxylic acids is 1. The molecule has 0 aliphatic heterocycles. The van der Waals surface area contributed by atoms with Crippen molar-refractivity contribution in [3.8, 4) is 0 Å². The Bertz CT molecular complexity index is 569.